The van der Waals surface area contributed by atoms with Crippen LogP contribution in [0.1, 0.15) is 10.4 Å². The molecule has 1 fully saturated rings. The normalized spacial score (nSPS) is 38.5. The van der Waals surface area contributed by atoms with Crippen LogP contribution in [-0.2, 0) is 4.74 Å². The van der Waals surface area contributed by atoms with Crippen LogP contribution >= 0.6 is 22.6 Å². The van der Waals surface area contributed by atoms with Gasteiger partial charge in [-0.1, -0.05) is 18.2 Å². The van der Waals surface area contributed by atoms with Gasteiger partial charge in [-0.05, 0) is 34.7 Å². The molecule has 1 aliphatic rings. The van der Waals surface area contributed by atoms with Crippen LogP contribution in [0.25, 0.3) is 0 Å². The van der Waals surface area contributed by atoms with Gasteiger partial charge in [-0.2, -0.15) is 0 Å². The minimum absolute atomic E-state index is 0.188. The molecule has 0 bridgehead atoms. The highest BCUT2D eigenvalue weighted by molar-refractivity contribution is 14.1. The van der Waals surface area contributed by atoms with Crippen LogP contribution in [0.4, 0.5) is 0 Å². The van der Waals surface area contributed by atoms with Gasteiger partial charge in [0.2, 0.25) is 3.61 Å². The van der Waals surface area contributed by atoms with Gasteiger partial charge in [0.25, 0.3) is 11.8 Å². The number of alkyl halides is 1. The molecule has 1 unspecified atom stereocenters. The minimum atomic E-state index is -2.70. The Morgan fingerprint density at radius 3 is 2.41 bits per heavy atom. The van der Waals surface area contributed by atoms with E-state index in [1.54, 1.807) is 18.2 Å². The number of rotatable bonds is 3. The van der Waals surface area contributed by atoms with Crippen molar-refractivity contribution in [1.29, 1.82) is 0 Å². The number of nitrogens with one attached hydrogen (secondary N) is 1. The predicted octanol–water partition coefficient (Wildman–Crippen LogP) is -1.70. The molecule has 5 atom stereocenters. The van der Waals surface area contributed by atoms with Gasteiger partial charge in [0.05, 0.1) is 6.61 Å². The first-order valence-corrected chi connectivity index (χ1v) is 7.47. The zero-order valence-electron chi connectivity index (χ0n) is 11.3. The largest absolute Gasteiger partial charge is 0.394 e. The third-order valence-corrected chi connectivity index (χ3v) is 4.76. The molecule has 22 heavy (non-hydrogen) atoms. The average Bonchev–Trinajstić information content (AvgIpc) is 2.50. The zero-order valence-corrected chi connectivity index (χ0v) is 13.4. The Kier molecular flexibility index (Phi) is 5.06. The number of aliphatic hydroxyl groups excluding tert-OH is 3. The summed E-state index contributed by atoms with van der Waals surface area (Å²) in [6.45, 7) is -0.728. The summed E-state index contributed by atoms with van der Waals surface area (Å²) in [5.41, 5.74) is 0.188. The van der Waals surface area contributed by atoms with E-state index in [-0.39, 0.29) is 5.56 Å². The fourth-order valence-corrected chi connectivity index (χ4v) is 2.71. The second kappa shape index (κ2) is 6.35. The molecule has 0 radical (unpaired) electrons. The number of carbonyl (C=O) groups excluding carboxylic acids is 1. The number of carbonyl (C=O) groups is 1. The molecule has 9 heteroatoms. The highest BCUT2D eigenvalue weighted by Crippen LogP contribution is 2.40. The van der Waals surface area contributed by atoms with Crippen molar-refractivity contribution in [2.24, 2.45) is 0 Å². The second-order valence-electron chi connectivity index (χ2n) is 4.91. The number of hydrogen-bond acceptors (Lipinski definition) is 7. The number of hydrogen-bond donors (Lipinski definition) is 6. The second-order valence-corrected chi connectivity index (χ2v) is 6.56. The predicted molar refractivity (Wildman–Crippen MR) is 81.8 cm³/mol. The Bertz CT molecular complexity index is 540. The molecule has 1 aliphatic heterocycles. The van der Waals surface area contributed by atoms with E-state index in [9.17, 15) is 25.2 Å². The van der Waals surface area contributed by atoms with Crippen LogP contribution in [0.15, 0.2) is 30.3 Å². The molecule has 1 saturated heterocycles. The maximum atomic E-state index is 12.1. The van der Waals surface area contributed by atoms with Crippen LogP contribution in [0.5, 0.6) is 0 Å². The summed E-state index contributed by atoms with van der Waals surface area (Å²) >= 11 is 1.26. The van der Waals surface area contributed by atoms with Gasteiger partial charge in [-0.3, -0.25) is 10.1 Å². The van der Waals surface area contributed by atoms with E-state index in [2.05, 4.69) is 5.32 Å². The van der Waals surface area contributed by atoms with Crippen molar-refractivity contribution < 1.29 is 35.1 Å². The molecule has 2 rings (SSSR count). The van der Waals surface area contributed by atoms with Gasteiger partial charge in [0, 0.05) is 5.56 Å². The smallest absolute Gasteiger partial charge is 0.292 e. The SMILES string of the molecule is O=C(NC1(O)O[C@H](CO)[C@@H](O)[C@H](O)[C@]1(O)I)c1ccccc1. The fraction of sp³-hybridized carbons (Fsp3) is 0.462. The standard InChI is InChI=1S/C13H16INO7/c14-12(20)10(18)9(17)8(6-16)22-13(12,21)15-11(19)7-4-2-1-3-5-7/h1-5,8-10,16-18,20-21H,6H2,(H,15,19)/t8-,9-,10+,12-,13?/m1/s1. The molecule has 6 N–H and O–H groups in total. The Hall–Kier alpha value is -0.820. The minimum Gasteiger partial charge on any atom is -0.394 e. The number of halogens is 1. The molecule has 0 aromatic heterocycles. The van der Waals surface area contributed by atoms with Crippen molar-refractivity contribution in [3.8, 4) is 0 Å². The van der Waals surface area contributed by atoms with Crippen molar-refractivity contribution in [2.75, 3.05) is 6.61 Å². The quantitative estimate of drug-likeness (QED) is 0.193. The third kappa shape index (κ3) is 2.97. The maximum absolute atomic E-state index is 12.1. The number of aliphatic hydroxyl groups is 5. The van der Waals surface area contributed by atoms with E-state index in [0.717, 1.165) is 0 Å². The lowest BCUT2D eigenvalue weighted by Crippen LogP contribution is -2.75. The van der Waals surface area contributed by atoms with Crippen molar-refractivity contribution in [3.05, 3.63) is 35.9 Å². The Balaban J connectivity index is 2.28. The van der Waals surface area contributed by atoms with Crippen LogP contribution in [-0.4, -0.2) is 65.9 Å². The van der Waals surface area contributed by atoms with Gasteiger partial charge in [-0.15, -0.1) is 0 Å². The van der Waals surface area contributed by atoms with Gasteiger partial charge in [-0.25, -0.2) is 0 Å². The highest BCUT2D eigenvalue weighted by Gasteiger charge is 2.63. The molecule has 0 aliphatic carbocycles. The van der Waals surface area contributed by atoms with Crippen LogP contribution in [0, 0.1) is 0 Å². The molecule has 0 spiro atoms. The topological polar surface area (TPSA) is 139 Å². The first kappa shape index (κ1) is 17.5. The average molecular weight is 425 g/mol. The summed E-state index contributed by atoms with van der Waals surface area (Å²) < 4.78 is 2.59. The van der Waals surface area contributed by atoms with Crippen molar-refractivity contribution in [2.45, 2.75) is 27.8 Å². The Morgan fingerprint density at radius 1 is 1.27 bits per heavy atom. The van der Waals surface area contributed by atoms with E-state index in [1.807, 2.05) is 0 Å². The van der Waals surface area contributed by atoms with E-state index < -0.39 is 40.3 Å². The number of ether oxygens (including phenoxy) is 1. The Labute approximate surface area is 139 Å². The molecule has 122 valence electrons. The monoisotopic (exact) mass is 425 g/mol. The van der Waals surface area contributed by atoms with E-state index in [1.165, 1.54) is 34.7 Å². The van der Waals surface area contributed by atoms with Gasteiger partial charge >= 0.3 is 0 Å². The first-order valence-electron chi connectivity index (χ1n) is 6.39. The van der Waals surface area contributed by atoms with E-state index in [0.29, 0.717) is 0 Å². The summed E-state index contributed by atoms with van der Waals surface area (Å²) in [5, 5.41) is 51.5. The number of amides is 1. The van der Waals surface area contributed by atoms with Crippen LogP contribution in [0.3, 0.4) is 0 Å². The number of benzene rings is 1. The Morgan fingerprint density at radius 2 is 1.86 bits per heavy atom. The summed E-state index contributed by atoms with van der Waals surface area (Å²) in [6, 6.07) is 7.85. The van der Waals surface area contributed by atoms with E-state index >= 15 is 0 Å². The van der Waals surface area contributed by atoms with E-state index in [4.69, 9.17) is 9.84 Å². The van der Waals surface area contributed by atoms with Gasteiger partial charge in [0.1, 0.15) is 18.3 Å². The molecule has 1 aromatic carbocycles. The van der Waals surface area contributed by atoms with Crippen molar-refractivity contribution in [3.63, 3.8) is 0 Å². The fourth-order valence-electron chi connectivity index (χ4n) is 2.08. The van der Waals surface area contributed by atoms with Gasteiger partial charge < -0.3 is 30.3 Å². The molecule has 8 nitrogen and oxygen atoms in total. The summed E-state index contributed by atoms with van der Waals surface area (Å²) in [7, 11) is 0. The lowest BCUT2D eigenvalue weighted by atomic mass is 9.96. The lowest BCUT2D eigenvalue weighted by Gasteiger charge is -2.49. The van der Waals surface area contributed by atoms with Crippen molar-refractivity contribution in [1.82, 2.24) is 5.32 Å². The molecular weight excluding hydrogens is 409 g/mol. The summed E-state index contributed by atoms with van der Waals surface area (Å²) in [4.78, 5) is 12.1. The van der Waals surface area contributed by atoms with Crippen LogP contribution < -0.4 is 5.32 Å². The molecular formula is C13H16INO7. The first-order chi connectivity index (χ1) is 10.2. The van der Waals surface area contributed by atoms with Crippen LogP contribution in [0.2, 0.25) is 0 Å². The zero-order chi connectivity index (χ0) is 16.5. The van der Waals surface area contributed by atoms with Crippen molar-refractivity contribution >= 4 is 28.5 Å². The molecule has 1 aromatic rings. The molecule has 1 heterocycles. The maximum Gasteiger partial charge on any atom is 0.292 e. The highest BCUT2D eigenvalue weighted by atomic mass is 127. The summed E-state index contributed by atoms with van der Waals surface area (Å²) in [6.07, 6.45) is -4.88. The lowest BCUT2D eigenvalue weighted by molar-refractivity contribution is -0.362. The van der Waals surface area contributed by atoms with Gasteiger partial charge in [0.15, 0.2) is 0 Å². The molecule has 0 saturated carbocycles. The summed E-state index contributed by atoms with van der Waals surface area (Å²) in [5.74, 6) is -3.47. The molecule has 1 amide bonds. The third-order valence-electron chi connectivity index (χ3n) is 3.39.